The van der Waals surface area contributed by atoms with Crippen molar-refractivity contribution in [2.45, 2.75) is 9.79 Å². The molecule has 0 N–H and O–H groups in total. The van der Waals surface area contributed by atoms with Gasteiger partial charge in [-0.15, -0.1) is 0 Å². The zero-order valence-corrected chi connectivity index (χ0v) is 11.6. The van der Waals surface area contributed by atoms with E-state index >= 15 is 0 Å². The average molecular weight is 305 g/mol. The average Bonchev–Trinajstić information content (AvgIpc) is 2.36. The van der Waals surface area contributed by atoms with E-state index in [4.69, 9.17) is 0 Å². The van der Waals surface area contributed by atoms with Gasteiger partial charge < -0.3 is 4.74 Å². The highest BCUT2D eigenvalue weighted by atomic mass is 32.2. The number of isocyanates is 1. The van der Waals surface area contributed by atoms with Crippen LogP contribution >= 0.6 is 0 Å². The Bertz CT molecular complexity index is 701. The van der Waals surface area contributed by atoms with Gasteiger partial charge in [0.15, 0.2) is 9.84 Å². The van der Waals surface area contributed by atoms with Crippen molar-refractivity contribution in [3.8, 4) is 0 Å². The summed E-state index contributed by atoms with van der Waals surface area (Å²) in [5.74, 6) is -0.374. The third-order valence-corrected chi connectivity index (χ3v) is 5.26. The van der Waals surface area contributed by atoms with Gasteiger partial charge in [0.1, 0.15) is 4.90 Å². The van der Waals surface area contributed by atoms with Crippen molar-refractivity contribution < 1.29 is 26.4 Å². The Morgan fingerprint density at radius 2 is 1.74 bits per heavy atom. The molecule has 0 aliphatic heterocycles. The third kappa shape index (κ3) is 3.71. The van der Waals surface area contributed by atoms with Crippen molar-refractivity contribution in [3.05, 3.63) is 24.3 Å². The van der Waals surface area contributed by atoms with Crippen LogP contribution in [0.2, 0.25) is 0 Å². The summed E-state index contributed by atoms with van der Waals surface area (Å²) in [6.07, 6.45) is 0.896. The summed E-state index contributed by atoms with van der Waals surface area (Å²) >= 11 is 0. The number of sulfonamides is 1. The van der Waals surface area contributed by atoms with Crippen LogP contribution in [0.4, 0.5) is 0 Å². The molecule has 0 heterocycles. The zero-order valence-electron chi connectivity index (χ0n) is 9.94. The summed E-state index contributed by atoms with van der Waals surface area (Å²) in [6.45, 7) is -0.0757. The van der Waals surface area contributed by atoms with Crippen LogP contribution in [0.25, 0.3) is 0 Å². The smallest absolute Gasteiger partial charge is 0.293 e. The third-order valence-electron chi connectivity index (χ3n) is 2.18. The SMILES string of the molecule is COCCS(=O)(=O)c1ccccc1S(=O)(=O)N=C=O. The molecular formula is C10H11NO6S2. The minimum Gasteiger partial charge on any atom is -0.384 e. The van der Waals surface area contributed by atoms with Gasteiger partial charge in [-0.25, -0.2) is 13.2 Å². The maximum absolute atomic E-state index is 12.0. The molecule has 0 spiro atoms. The first-order chi connectivity index (χ1) is 8.85. The van der Waals surface area contributed by atoms with E-state index in [1.165, 1.54) is 19.2 Å². The predicted octanol–water partition coefficient (Wildman–Crippen LogP) is 0.131. The first kappa shape index (κ1) is 15.5. The summed E-state index contributed by atoms with van der Waals surface area (Å²) in [4.78, 5) is 9.13. The van der Waals surface area contributed by atoms with Crippen molar-refractivity contribution >= 4 is 25.9 Å². The van der Waals surface area contributed by atoms with Gasteiger partial charge in [-0.1, -0.05) is 16.5 Å². The molecule has 104 valence electrons. The molecule has 1 aromatic carbocycles. The summed E-state index contributed by atoms with van der Waals surface area (Å²) in [5.41, 5.74) is 0. The number of carbonyl (C=O) groups excluding carboxylic acids is 1. The standard InChI is InChI=1S/C10H11NO6S2/c1-17-6-7-18(13,14)9-4-2-3-5-10(9)19(15,16)11-8-12/h2-5H,6-7H2,1H3. The van der Waals surface area contributed by atoms with Crippen molar-refractivity contribution in [2.24, 2.45) is 4.40 Å². The zero-order chi connectivity index (χ0) is 14.5. The molecule has 0 amide bonds. The Kier molecular flexibility index (Phi) is 4.96. The molecule has 0 aromatic heterocycles. The fourth-order valence-electron chi connectivity index (χ4n) is 1.32. The van der Waals surface area contributed by atoms with Crippen LogP contribution in [0.1, 0.15) is 0 Å². The molecule has 0 radical (unpaired) electrons. The lowest BCUT2D eigenvalue weighted by atomic mass is 10.4. The molecule has 0 atom stereocenters. The van der Waals surface area contributed by atoms with Crippen LogP contribution in [0, 0.1) is 0 Å². The topological polar surface area (TPSA) is 107 Å². The Morgan fingerprint density at radius 1 is 1.16 bits per heavy atom. The number of nitrogens with zero attached hydrogens (tertiary/aromatic N) is 1. The summed E-state index contributed by atoms with van der Waals surface area (Å²) in [6, 6.07) is 4.92. The number of hydrogen-bond acceptors (Lipinski definition) is 6. The van der Waals surface area contributed by atoms with Gasteiger partial charge in [0, 0.05) is 7.11 Å². The number of rotatable bonds is 6. The fourth-order valence-corrected chi connectivity index (χ4v) is 4.05. The molecule has 0 saturated carbocycles. The Labute approximate surface area is 110 Å². The fraction of sp³-hybridized carbons (Fsp3) is 0.300. The van der Waals surface area contributed by atoms with Crippen molar-refractivity contribution in [2.75, 3.05) is 19.5 Å². The predicted molar refractivity (Wildman–Crippen MR) is 65.7 cm³/mol. The highest BCUT2D eigenvalue weighted by Gasteiger charge is 2.25. The Morgan fingerprint density at radius 3 is 2.26 bits per heavy atom. The molecule has 1 aromatic rings. The molecule has 0 fully saturated rings. The summed E-state index contributed by atoms with van der Waals surface area (Å²) < 4.78 is 54.6. The van der Waals surface area contributed by atoms with E-state index in [1.54, 1.807) is 0 Å². The molecule has 0 saturated heterocycles. The molecule has 0 aliphatic rings. The number of benzene rings is 1. The number of methoxy groups -OCH3 is 1. The first-order valence-corrected chi connectivity index (χ1v) is 8.09. The normalized spacial score (nSPS) is 11.8. The second-order valence-corrected chi connectivity index (χ2v) is 7.07. The van der Waals surface area contributed by atoms with E-state index in [0.717, 1.165) is 18.2 Å². The monoisotopic (exact) mass is 305 g/mol. The number of sulfone groups is 1. The summed E-state index contributed by atoms with van der Waals surface area (Å²) in [5, 5.41) is 0. The minimum atomic E-state index is -4.37. The van der Waals surface area contributed by atoms with Crippen molar-refractivity contribution in [3.63, 3.8) is 0 Å². The summed E-state index contributed by atoms with van der Waals surface area (Å²) in [7, 11) is -6.89. The molecule has 19 heavy (non-hydrogen) atoms. The van der Waals surface area contributed by atoms with Crippen LogP contribution in [0.3, 0.4) is 0 Å². The quantitative estimate of drug-likeness (QED) is 0.546. The van der Waals surface area contributed by atoms with Gasteiger partial charge in [-0.2, -0.15) is 8.42 Å². The van der Waals surface area contributed by atoms with Crippen LogP contribution in [0.5, 0.6) is 0 Å². The number of hydrogen-bond donors (Lipinski definition) is 0. The van der Waals surface area contributed by atoms with Crippen LogP contribution in [-0.4, -0.2) is 42.4 Å². The molecule has 0 bridgehead atoms. The molecule has 0 aliphatic carbocycles. The highest BCUT2D eigenvalue weighted by molar-refractivity contribution is 7.94. The first-order valence-electron chi connectivity index (χ1n) is 5.00. The maximum Gasteiger partial charge on any atom is 0.293 e. The van der Waals surface area contributed by atoms with Crippen molar-refractivity contribution in [1.29, 1.82) is 0 Å². The van der Waals surface area contributed by atoms with Gasteiger partial charge in [0.05, 0.1) is 17.3 Å². The molecule has 7 nitrogen and oxygen atoms in total. The molecular weight excluding hydrogens is 294 g/mol. The van der Waals surface area contributed by atoms with Crippen molar-refractivity contribution in [1.82, 2.24) is 0 Å². The lowest BCUT2D eigenvalue weighted by molar-refractivity contribution is 0.217. The van der Waals surface area contributed by atoms with Gasteiger partial charge in [-0.05, 0) is 12.1 Å². The van der Waals surface area contributed by atoms with E-state index in [0.29, 0.717) is 0 Å². The van der Waals surface area contributed by atoms with Gasteiger partial charge in [0.2, 0.25) is 0 Å². The largest absolute Gasteiger partial charge is 0.384 e. The lowest BCUT2D eigenvalue weighted by Gasteiger charge is -2.07. The van der Waals surface area contributed by atoms with Gasteiger partial charge in [-0.3, -0.25) is 0 Å². The molecule has 0 unspecified atom stereocenters. The molecule has 1 rings (SSSR count). The van der Waals surface area contributed by atoms with Gasteiger partial charge >= 0.3 is 0 Å². The Hall–Kier alpha value is -1.54. The maximum atomic E-state index is 12.0. The van der Waals surface area contributed by atoms with Crippen LogP contribution < -0.4 is 0 Å². The van der Waals surface area contributed by atoms with E-state index < -0.39 is 29.7 Å². The number of ether oxygens (including phenoxy) is 1. The lowest BCUT2D eigenvalue weighted by Crippen LogP contribution is -2.14. The van der Waals surface area contributed by atoms with E-state index in [9.17, 15) is 21.6 Å². The highest BCUT2D eigenvalue weighted by Crippen LogP contribution is 2.23. The second-order valence-electron chi connectivity index (χ2n) is 3.42. The van der Waals surface area contributed by atoms with E-state index in [2.05, 4.69) is 9.13 Å². The van der Waals surface area contributed by atoms with E-state index in [1.807, 2.05) is 0 Å². The van der Waals surface area contributed by atoms with Crippen LogP contribution in [-0.2, 0) is 29.4 Å². The van der Waals surface area contributed by atoms with E-state index in [-0.39, 0.29) is 12.4 Å². The molecule has 9 heteroatoms. The Balaban J connectivity index is 3.44. The van der Waals surface area contributed by atoms with Gasteiger partial charge in [0.25, 0.3) is 16.1 Å². The second kappa shape index (κ2) is 6.07. The van der Waals surface area contributed by atoms with Crippen LogP contribution in [0.15, 0.2) is 38.5 Å². The minimum absolute atomic E-state index is 0.0757.